The fourth-order valence-electron chi connectivity index (χ4n) is 2.34. The molecule has 0 bridgehead atoms. The van der Waals surface area contributed by atoms with Crippen LogP contribution < -0.4 is 19.0 Å². The first-order valence-electron chi connectivity index (χ1n) is 8.02. The molecule has 0 amide bonds. The van der Waals surface area contributed by atoms with Crippen LogP contribution >= 0.6 is 11.6 Å². The van der Waals surface area contributed by atoms with E-state index in [0.29, 0.717) is 28.7 Å². The highest BCUT2D eigenvalue weighted by atomic mass is 35.5. The number of halogens is 1. The molecule has 0 atom stereocenters. The van der Waals surface area contributed by atoms with Crippen LogP contribution in [0.1, 0.15) is 18.1 Å². The summed E-state index contributed by atoms with van der Waals surface area (Å²) < 4.78 is 40.8. The highest BCUT2D eigenvalue weighted by Crippen LogP contribution is 2.35. The van der Waals surface area contributed by atoms with Crippen molar-refractivity contribution in [3.8, 4) is 17.2 Å². The molecule has 0 aliphatic rings. The predicted molar refractivity (Wildman–Crippen MR) is 105 cm³/mol. The van der Waals surface area contributed by atoms with Crippen LogP contribution in [0.3, 0.4) is 0 Å². The zero-order valence-electron chi connectivity index (χ0n) is 15.4. The lowest BCUT2D eigenvalue weighted by Gasteiger charge is -2.12. The molecule has 0 aromatic heterocycles. The summed E-state index contributed by atoms with van der Waals surface area (Å²) in [5.74, 6) is 1.08. The minimum absolute atomic E-state index is 0.00455. The average Bonchev–Trinajstić information content (AvgIpc) is 2.62. The average molecular weight is 413 g/mol. The van der Waals surface area contributed by atoms with Gasteiger partial charge in [0.15, 0.2) is 11.5 Å². The maximum absolute atomic E-state index is 12.5. The Hall–Kier alpha value is -2.45. The number of hydrazone groups is 1. The molecule has 0 spiro atoms. The molecule has 9 heteroatoms. The third-order valence-electron chi connectivity index (χ3n) is 3.53. The molecule has 0 aliphatic carbocycles. The van der Waals surface area contributed by atoms with E-state index in [4.69, 9.17) is 25.8 Å². The third-order valence-corrected chi connectivity index (χ3v) is 5.06. The Morgan fingerprint density at radius 2 is 1.89 bits per heavy atom. The lowest BCUT2D eigenvalue weighted by molar-refractivity contribution is 0.311. The fraction of sp³-hybridized carbons (Fsp3) is 0.278. The Balaban J connectivity index is 2.28. The second-order valence-corrected chi connectivity index (χ2v) is 7.51. The van der Waals surface area contributed by atoms with Gasteiger partial charge in [-0.25, -0.2) is 0 Å². The standard InChI is InChI=1S/C18H21ClN2O5S/c1-5-26-16-10-13(9-14(19)18(16)25-4)11-20-21-27(22,23)17-8-12(2)6-7-15(17)24-3/h6-11,21H,5H2,1-4H3/b20-11+. The van der Waals surface area contributed by atoms with Gasteiger partial charge in [0.2, 0.25) is 0 Å². The van der Waals surface area contributed by atoms with Crippen molar-refractivity contribution >= 4 is 27.8 Å². The van der Waals surface area contributed by atoms with E-state index in [2.05, 4.69) is 9.93 Å². The number of hydrogen-bond acceptors (Lipinski definition) is 6. The molecule has 0 unspecified atom stereocenters. The van der Waals surface area contributed by atoms with Crippen molar-refractivity contribution in [2.45, 2.75) is 18.7 Å². The largest absolute Gasteiger partial charge is 0.495 e. The Labute approximate surface area is 163 Å². The lowest BCUT2D eigenvalue weighted by atomic mass is 10.2. The fourth-order valence-corrected chi connectivity index (χ4v) is 3.68. The van der Waals surface area contributed by atoms with Gasteiger partial charge in [0.25, 0.3) is 10.0 Å². The number of nitrogens with one attached hydrogen (secondary N) is 1. The van der Waals surface area contributed by atoms with Gasteiger partial charge in [0.05, 0.1) is 32.1 Å². The van der Waals surface area contributed by atoms with Gasteiger partial charge in [-0.15, -0.1) is 0 Å². The highest BCUT2D eigenvalue weighted by molar-refractivity contribution is 7.89. The molecule has 0 saturated carbocycles. The molecule has 0 aliphatic heterocycles. The predicted octanol–water partition coefficient (Wildman–Crippen LogP) is 3.38. The summed E-state index contributed by atoms with van der Waals surface area (Å²) in [7, 11) is -1.01. The lowest BCUT2D eigenvalue weighted by Crippen LogP contribution is -2.19. The number of benzene rings is 2. The van der Waals surface area contributed by atoms with Gasteiger partial charge in [-0.2, -0.15) is 18.4 Å². The quantitative estimate of drug-likeness (QED) is 0.530. The molecule has 146 valence electrons. The molecule has 0 saturated heterocycles. The number of hydrogen-bond donors (Lipinski definition) is 1. The maximum Gasteiger partial charge on any atom is 0.280 e. The molecule has 2 rings (SSSR count). The second-order valence-electron chi connectivity index (χ2n) is 5.47. The molecule has 1 N–H and O–H groups in total. The summed E-state index contributed by atoms with van der Waals surface area (Å²) in [6.07, 6.45) is 1.33. The molecule has 2 aromatic carbocycles. The minimum Gasteiger partial charge on any atom is -0.495 e. The van der Waals surface area contributed by atoms with Crippen LogP contribution in [0.15, 0.2) is 40.3 Å². The van der Waals surface area contributed by atoms with Gasteiger partial charge in [0, 0.05) is 0 Å². The Morgan fingerprint density at radius 1 is 1.15 bits per heavy atom. The summed E-state index contributed by atoms with van der Waals surface area (Å²) in [5, 5.41) is 4.15. The van der Waals surface area contributed by atoms with Gasteiger partial charge < -0.3 is 14.2 Å². The molecule has 0 heterocycles. The van der Waals surface area contributed by atoms with Crippen molar-refractivity contribution in [3.63, 3.8) is 0 Å². The van der Waals surface area contributed by atoms with Crippen molar-refractivity contribution in [1.29, 1.82) is 0 Å². The topological polar surface area (TPSA) is 86.2 Å². The normalized spacial score (nSPS) is 11.4. The van der Waals surface area contributed by atoms with Crippen molar-refractivity contribution < 1.29 is 22.6 Å². The molecule has 7 nitrogen and oxygen atoms in total. The molecular formula is C18H21ClN2O5S. The number of ether oxygens (including phenoxy) is 3. The van der Waals surface area contributed by atoms with Gasteiger partial charge in [-0.3, -0.25) is 0 Å². The zero-order valence-corrected chi connectivity index (χ0v) is 17.0. The van der Waals surface area contributed by atoms with E-state index < -0.39 is 10.0 Å². The Morgan fingerprint density at radius 3 is 2.52 bits per heavy atom. The van der Waals surface area contributed by atoms with Crippen LogP contribution in [-0.2, 0) is 10.0 Å². The van der Waals surface area contributed by atoms with Crippen molar-refractivity contribution in [3.05, 3.63) is 46.5 Å². The van der Waals surface area contributed by atoms with Gasteiger partial charge in [0.1, 0.15) is 10.6 Å². The minimum atomic E-state index is -3.90. The second kappa shape index (κ2) is 8.96. The Bertz CT molecular complexity index is 945. The van der Waals surface area contributed by atoms with E-state index in [1.165, 1.54) is 26.5 Å². The third kappa shape index (κ3) is 5.05. The molecule has 27 heavy (non-hydrogen) atoms. The van der Waals surface area contributed by atoms with Gasteiger partial charge in [-0.1, -0.05) is 17.7 Å². The number of nitrogens with zero attached hydrogens (tertiary/aromatic N) is 1. The first-order chi connectivity index (χ1) is 12.8. The first-order valence-corrected chi connectivity index (χ1v) is 9.88. The van der Waals surface area contributed by atoms with E-state index in [9.17, 15) is 8.42 Å². The number of rotatable bonds is 8. The number of aryl methyl sites for hydroxylation is 1. The summed E-state index contributed by atoms with van der Waals surface area (Å²) in [6, 6.07) is 8.10. The molecule has 0 radical (unpaired) electrons. The van der Waals surface area contributed by atoms with Crippen LogP contribution in [0.25, 0.3) is 0 Å². The van der Waals surface area contributed by atoms with Crippen LogP contribution in [0.2, 0.25) is 5.02 Å². The van der Waals surface area contributed by atoms with E-state index in [0.717, 1.165) is 5.56 Å². The van der Waals surface area contributed by atoms with Crippen LogP contribution in [0.5, 0.6) is 17.2 Å². The first kappa shape index (κ1) is 20.9. The smallest absolute Gasteiger partial charge is 0.280 e. The summed E-state index contributed by atoms with van der Waals surface area (Å²) in [5.41, 5.74) is 1.33. The summed E-state index contributed by atoms with van der Waals surface area (Å²) >= 11 is 6.17. The van der Waals surface area contributed by atoms with Gasteiger partial charge in [-0.05, 0) is 49.2 Å². The van der Waals surface area contributed by atoms with Crippen molar-refractivity contribution in [1.82, 2.24) is 4.83 Å². The number of sulfonamides is 1. The zero-order chi connectivity index (χ0) is 20.0. The summed E-state index contributed by atoms with van der Waals surface area (Å²) in [4.78, 5) is 2.18. The highest BCUT2D eigenvalue weighted by Gasteiger charge is 2.19. The van der Waals surface area contributed by atoms with Crippen molar-refractivity contribution in [2.75, 3.05) is 20.8 Å². The van der Waals surface area contributed by atoms with Crippen LogP contribution in [-0.4, -0.2) is 35.5 Å². The van der Waals surface area contributed by atoms with Crippen LogP contribution in [0.4, 0.5) is 0 Å². The maximum atomic E-state index is 12.5. The summed E-state index contributed by atoms with van der Waals surface area (Å²) in [6.45, 7) is 4.04. The van der Waals surface area contributed by atoms with Gasteiger partial charge >= 0.3 is 0 Å². The number of methoxy groups -OCH3 is 2. The Kier molecular flexibility index (Phi) is 6.92. The van der Waals surface area contributed by atoms with E-state index in [1.54, 1.807) is 31.2 Å². The van der Waals surface area contributed by atoms with E-state index >= 15 is 0 Å². The molecule has 0 fully saturated rings. The van der Waals surface area contributed by atoms with Crippen molar-refractivity contribution in [2.24, 2.45) is 5.10 Å². The van der Waals surface area contributed by atoms with E-state index in [-0.39, 0.29) is 10.6 Å². The molecule has 2 aromatic rings. The van der Waals surface area contributed by atoms with E-state index in [1.807, 2.05) is 6.92 Å². The molecular weight excluding hydrogens is 392 g/mol. The SMILES string of the molecule is CCOc1cc(/C=N/NS(=O)(=O)c2cc(C)ccc2OC)cc(Cl)c1OC. The monoisotopic (exact) mass is 412 g/mol. The van der Waals surface area contributed by atoms with Crippen LogP contribution in [0, 0.1) is 6.92 Å².